The summed E-state index contributed by atoms with van der Waals surface area (Å²) >= 11 is 0. The van der Waals surface area contributed by atoms with Crippen molar-refractivity contribution < 1.29 is 14.3 Å². The Morgan fingerprint density at radius 3 is 2.56 bits per heavy atom. The smallest absolute Gasteiger partial charge is 0.251 e. The van der Waals surface area contributed by atoms with E-state index >= 15 is 0 Å². The molecule has 1 saturated heterocycles. The van der Waals surface area contributed by atoms with E-state index in [4.69, 9.17) is 4.74 Å². The Bertz CT molecular complexity index is 731. The molecule has 0 unspecified atom stereocenters. The first-order chi connectivity index (χ1) is 12.2. The van der Waals surface area contributed by atoms with Gasteiger partial charge in [0.25, 0.3) is 5.91 Å². The first-order valence-corrected chi connectivity index (χ1v) is 8.41. The van der Waals surface area contributed by atoms with Gasteiger partial charge in [-0.1, -0.05) is 0 Å². The van der Waals surface area contributed by atoms with Crippen molar-refractivity contribution in [2.45, 2.75) is 25.8 Å². The van der Waals surface area contributed by atoms with Crippen molar-refractivity contribution >= 4 is 17.5 Å². The third-order valence-electron chi connectivity index (χ3n) is 4.11. The number of hydrogen-bond acceptors (Lipinski definition) is 5. The van der Waals surface area contributed by atoms with Gasteiger partial charge in [0, 0.05) is 12.4 Å². The van der Waals surface area contributed by atoms with Gasteiger partial charge in [-0.3, -0.25) is 14.6 Å². The maximum Gasteiger partial charge on any atom is 0.251 e. The molecule has 2 heterocycles. The van der Waals surface area contributed by atoms with Crippen LogP contribution in [0.15, 0.2) is 48.8 Å². The van der Waals surface area contributed by atoms with Crippen LogP contribution in [0.5, 0.6) is 5.75 Å². The van der Waals surface area contributed by atoms with Crippen LogP contribution in [0.4, 0.5) is 5.69 Å². The first kappa shape index (κ1) is 17.1. The topological polar surface area (TPSA) is 71.5 Å². The predicted molar refractivity (Wildman–Crippen MR) is 94.5 cm³/mol. The molecule has 2 aromatic rings. The summed E-state index contributed by atoms with van der Waals surface area (Å²) in [4.78, 5) is 30.1. The number of carbonyl (C=O) groups excluding carboxylic acids is 2. The van der Waals surface area contributed by atoms with Crippen LogP contribution < -0.4 is 15.0 Å². The van der Waals surface area contributed by atoms with E-state index in [9.17, 15) is 9.59 Å². The first-order valence-electron chi connectivity index (χ1n) is 8.41. The number of pyridine rings is 1. The highest BCUT2D eigenvalue weighted by molar-refractivity contribution is 6.22. The lowest BCUT2D eigenvalue weighted by molar-refractivity contribution is -0.121. The molecule has 130 valence electrons. The molecule has 3 rings (SSSR count). The zero-order valence-electron chi connectivity index (χ0n) is 14.1. The van der Waals surface area contributed by atoms with Crippen LogP contribution in [0.3, 0.4) is 0 Å². The van der Waals surface area contributed by atoms with E-state index in [2.05, 4.69) is 10.3 Å². The van der Waals surface area contributed by atoms with Gasteiger partial charge in [-0.05, 0) is 61.9 Å². The Kier molecular flexibility index (Phi) is 5.40. The number of benzene rings is 1. The highest BCUT2D eigenvalue weighted by atomic mass is 16.5. The molecule has 1 aliphatic heterocycles. The molecule has 6 heteroatoms. The number of aromatic nitrogens is 1. The molecule has 0 saturated carbocycles. The molecule has 1 N–H and O–H groups in total. The normalized spacial score (nSPS) is 17.2. The lowest BCUT2D eigenvalue weighted by Crippen LogP contribution is -2.39. The van der Waals surface area contributed by atoms with Gasteiger partial charge in [-0.2, -0.15) is 0 Å². The van der Waals surface area contributed by atoms with Crippen molar-refractivity contribution in [3.63, 3.8) is 0 Å². The molecule has 1 aliphatic rings. The number of anilines is 1. The second kappa shape index (κ2) is 7.90. The van der Waals surface area contributed by atoms with Crippen molar-refractivity contribution in [3.05, 3.63) is 54.4 Å². The second-order valence-corrected chi connectivity index (χ2v) is 5.81. The van der Waals surface area contributed by atoms with E-state index < -0.39 is 6.04 Å². The Hall–Kier alpha value is -2.73. The highest BCUT2D eigenvalue weighted by Gasteiger charge is 2.39. The maximum absolute atomic E-state index is 12.6. The zero-order chi connectivity index (χ0) is 17.6. The zero-order valence-corrected chi connectivity index (χ0v) is 14.1. The molecule has 2 amide bonds. The standard InChI is InChI=1S/C19H21N3O3/c1-2-25-16-5-3-15(4-6-16)22-18(23)13-17(19(22)24)21-12-9-14-7-10-20-11-8-14/h3-8,10-11,17,21H,2,9,12-13H2,1H3/t17-/m1/s1. The molecule has 1 fully saturated rings. The van der Waals surface area contributed by atoms with Crippen molar-refractivity contribution in [2.75, 3.05) is 18.1 Å². The van der Waals surface area contributed by atoms with E-state index in [0.29, 0.717) is 18.8 Å². The average Bonchev–Trinajstić information content (AvgIpc) is 2.91. The van der Waals surface area contributed by atoms with Gasteiger partial charge >= 0.3 is 0 Å². The lowest BCUT2D eigenvalue weighted by atomic mass is 10.2. The molecule has 0 aliphatic carbocycles. The molecule has 6 nitrogen and oxygen atoms in total. The summed E-state index contributed by atoms with van der Waals surface area (Å²) in [5, 5.41) is 3.18. The largest absolute Gasteiger partial charge is 0.494 e. The molecule has 0 bridgehead atoms. The van der Waals surface area contributed by atoms with Gasteiger partial charge < -0.3 is 10.1 Å². The molecule has 1 atom stereocenters. The quantitative estimate of drug-likeness (QED) is 0.781. The summed E-state index contributed by atoms with van der Waals surface area (Å²) in [6.07, 6.45) is 4.45. The minimum atomic E-state index is -0.471. The average molecular weight is 339 g/mol. The van der Waals surface area contributed by atoms with Gasteiger partial charge in [0.2, 0.25) is 5.91 Å². The Balaban J connectivity index is 1.59. The molecule has 0 spiro atoms. The SMILES string of the molecule is CCOc1ccc(N2C(=O)C[C@@H](NCCc3ccncc3)C2=O)cc1. The van der Waals surface area contributed by atoms with E-state index in [-0.39, 0.29) is 18.2 Å². The number of imide groups is 1. The minimum absolute atomic E-state index is 0.183. The van der Waals surface area contributed by atoms with Crippen LogP contribution in [0.1, 0.15) is 18.9 Å². The van der Waals surface area contributed by atoms with Crippen LogP contribution in [0.25, 0.3) is 0 Å². The van der Waals surface area contributed by atoms with Gasteiger partial charge in [0.1, 0.15) is 5.75 Å². The summed E-state index contributed by atoms with van der Waals surface area (Å²) in [5.74, 6) is 0.330. The minimum Gasteiger partial charge on any atom is -0.494 e. The van der Waals surface area contributed by atoms with Crippen LogP contribution in [-0.4, -0.2) is 36.0 Å². The summed E-state index contributed by atoms with van der Waals surface area (Å²) in [5.41, 5.74) is 1.72. The van der Waals surface area contributed by atoms with Crippen LogP contribution >= 0.6 is 0 Å². The van der Waals surface area contributed by atoms with Gasteiger partial charge in [-0.15, -0.1) is 0 Å². The predicted octanol–water partition coefficient (Wildman–Crippen LogP) is 1.94. The highest BCUT2D eigenvalue weighted by Crippen LogP contribution is 2.25. The van der Waals surface area contributed by atoms with Crippen LogP contribution in [0, 0.1) is 0 Å². The van der Waals surface area contributed by atoms with Crippen LogP contribution in [-0.2, 0) is 16.0 Å². The van der Waals surface area contributed by atoms with Crippen molar-refractivity contribution in [1.29, 1.82) is 0 Å². The fourth-order valence-corrected chi connectivity index (χ4v) is 2.86. The third kappa shape index (κ3) is 4.03. The third-order valence-corrected chi connectivity index (χ3v) is 4.11. The van der Waals surface area contributed by atoms with E-state index in [0.717, 1.165) is 17.7 Å². The lowest BCUT2D eigenvalue weighted by Gasteiger charge is -2.16. The molecular formula is C19H21N3O3. The number of amides is 2. The molecule has 1 aromatic heterocycles. The Morgan fingerprint density at radius 1 is 1.16 bits per heavy atom. The van der Waals surface area contributed by atoms with Gasteiger partial charge in [0.05, 0.1) is 24.8 Å². The summed E-state index contributed by atoms with van der Waals surface area (Å²) in [6, 6.07) is 10.4. The maximum atomic E-state index is 12.6. The van der Waals surface area contributed by atoms with E-state index in [1.165, 1.54) is 4.90 Å². The van der Waals surface area contributed by atoms with E-state index in [1.807, 2.05) is 19.1 Å². The number of carbonyl (C=O) groups is 2. The Labute approximate surface area is 146 Å². The summed E-state index contributed by atoms with van der Waals surface area (Å²) < 4.78 is 5.39. The molecular weight excluding hydrogens is 318 g/mol. The van der Waals surface area contributed by atoms with Gasteiger partial charge in [0.15, 0.2) is 0 Å². The van der Waals surface area contributed by atoms with Crippen molar-refractivity contribution in [1.82, 2.24) is 10.3 Å². The molecule has 0 radical (unpaired) electrons. The van der Waals surface area contributed by atoms with Crippen LogP contribution in [0.2, 0.25) is 0 Å². The van der Waals surface area contributed by atoms with Gasteiger partial charge in [-0.25, -0.2) is 4.90 Å². The second-order valence-electron chi connectivity index (χ2n) is 5.81. The number of ether oxygens (including phenoxy) is 1. The fraction of sp³-hybridized carbons (Fsp3) is 0.316. The molecule has 25 heavy (non-hydrogen) atoms. The summed E-state index contributed by atoms with van der Waals surface area (Å²) in [6.45, 7) is 3.11. The monoisotopic (exact) mass is 339 g/mol. The van der Waals surface area contributed by atoms with Crippen molar-refractivity contribution in [3.8, 4) is 5.75 Å². The molecule has 1 aromatic carbocycles. The number of rotatable bonds is 7. The van der Waals surface area contributed by atoms with E-state index in [1.54, 1.807) is 36.7 Å². The summed E-state index contributed by atoms with van der Waals surface area (Å²) in [7, 11) is 0. The Morgan fingerprint density at radius 2 is 1.88 bits per heavy atom. The fourth-order valence-electron chi connectivity index (χ4n) is 2.86. The number of nitrogens with zero attached hydrogens (tertiary/aromatic N) is 2. The van der Waals surface area contributed by atoms with Crippen molar-refractivity contribution in [2.24, 2.45) is 0 Å². The number of hydrogen-bond donors (Lipinski definition) is 1. The number of nitrogens with one attached hydrogen (secondary N) is 1.